The van der Waals surface area contributed by atoms with Crippen molar-refractivity contribution in [3.8, 4) is 0 Å². The van der Waals surface area contributed by atoms with E-state index in [4.69, 9.17) is 0 Å². The van der Waals surface area contributed by atoms with Crippen LogP contribution in [0, 0.1) is 18.8 Å². The van der Waals surface area contributed by atoms with Crippen molar-refractivity contribution in [3.63, 3.8) is 0 Å². The first-order valence-electron chi connectivity index (χ1n) is 10.3. The lowest BCUT2D eigenvalue weighted by Crippen LogP contribution is -2.50. The number of likely N-dealkylation sites (tertiary alicyclic amines) is 1. The molecule has 6 nitrogen and oxygen atoms in total. The third kappa shape index (κ3) is 4.42. The Morgan fingerprint density at radius 3 is 2.54 bits per heavy atom. The van der Waals surface area contributed by atoms with Gasteiger partial charge in [0.2, 0.25) is 15.9 Å². The summed E-state index contributed by atoms with van der Waals surface area (Å²) < 4.78 is 26.0. The number of carbonyl (C=O) groups excluding carboxylic acids is 1. The van der Waals surface area contributed by atoms with E-state index in [0.29, 0.717) is 11.6 Å². The molecule has 1 N–H and O–H groups in total. The fourth-order valence-corrected chi connectivity index (χ4v) is 5.42. The number of hydrogen-bond donors (Lipinski definition) is 1. The van der Waals surface area contributed by atoms with E-state index in [1.807, 2.05) is 13.8 Å². The topological polar surface area (TPSA) is 69.7 Å². The number of rotatable bonds is 5. The summed E-state index contributed by atoms with van der Waals surface area (Å²) in [6.45, 7) is 5.78. The van der Waals surface area contributed by atoms with Gasteiger partial charge in [-0.1, -0.05) is 25.3 Å². The van der Waals surface area contributed by atoms with Crippen molar-refractivity contribution >= 4 is 21.6 Å². The van der Waals surface area contributed by atoms with Gasteiger partial charge in [0, 0.05) is 26.3 Å². The molecular formula is C21H33N3O3S. The van der Waals surface area contributed by atoms with Crippen molar-refractivity contribution in [1.29, 1.82) is 0 Å². The molecule has 1 aromatic rings. The van der Waals surface area contributed by atoms with Crippen LogP contribution in [0.4, 0.5) is 5.69 Å². The predicted molar refractivity (Wildman–Crippen MR) is 112 cm³/mol. The fraction of sp³-hybridized carbons (Fsp3) is 0.667. The monoisotopic (exact) mass is 407 g/mol. The van der Waals surface area contributed by atoms with E-state index in [2.05, 4.69) is 10.2 Å². The number of amides is 1. The molecule has 3 atom stereocenters. The lowest BCUT2D eigenvalue weighted by atomic mass is 9.75. The zero-order chi connectivity index (χ0) is 20.5. The molecule has 0 unspecified atom stereocenters. The average molecular weight is 408 g/mol. The summed E-state index contributed by atoms with van der Waals surface area (Å²) in [7, 11) is -0.526. The number of fused-ring (bicyclic) bond motifs is 1. The summed E-state index contributed by atoms with van der Waals surface area (Å²) in [5, 5.41) is 2.97. The van der Waals surface area contributed by atoms with Crippen molar-refractivity contribution in [2.75, 3.05) is 32.5 Å². The molecule has 0 bridgehead atoms. The number of hydrogen-bond acceptors (Lipinski definition) is 4. The van der Waals surface area contributed by atoms with Gasteiger partial charge in [-0.15, -0.1) is 0 Å². The first-order valence-corrected chi connectivity index (χ1v) is 11.7. The Kier molecular flexibility index (Phi) is 6.47. The van der Waals surface area contributed by atoms with Crippen molar-refractivity contribution in [3.05, 3.63) is 23.8 Å². The number of nitrogens with zero attached hydrogens (tertiary/aromatic N) is 2. The summed E-state index contributed by atoms with van der Waals surface area (Å²) in [5.41, 5.74) is 1.41. The predicted octanol–water partition coefficient (Wildman–Crippen LogP) is 3.08. The van der Waals surface area contributed by atoms with Crippen LogP contribution >= 0.6 is 0 Å². The van der Waals surface area contributed by atoms with Gasteiger partial charge in [-0.25, -0.2) is 12.7 Å². The van der Waals surface area contributed by atoms with Gasteiger partial charge in [0.15, 0.2) is 0 Å². The number of nitrogens with one attached hydrogen (secondary N) is 1. The van der Waals surface area contributed by atoms with Crippen LogP contribution in [0.1, 0.15) is 44.6 Å². The normalized spacial score (nSPS) is 24.6. The Morgan fingerprint density at radius 1 is 1.18 bits per heavy atom. The molecule has 1 aromatic carbocycles. The summed E-state index contributed by atoms with van der Waals surface area (Å²) in [4.78, 5) is 15.4. The maximum Gasteiger partial charge on any atom is 0.242 e. The highest BCUT2D eigenvalue weighted by Gasteiger charge is 2.34. The maximum atomic E-state index is 12.9. The SMILES string of the molecule is Cc1ccc(S(=O)(=O)N(C)C)cc1NC(=O)[C@H](C)N1CC[C@H]2CCCC[C@@H]2C1. The minimum absolute atomic E-state index is 0.0724. The molecule has 1 heterocycles. The van der Waals surface area contributed by atoms with Crippen LogP contribution < -0.4 is 5.32 Å². The number of anilines is 1. The first kappa shape index (κ1) is 21.3. The van der Waals surface area contributed by atoms with Crippen molar-refractivity contribution in [2.24, 2.45) is 11.8 Å². The maximum absolute atomic E-state index is 12.9. The van der Waals surface area contributed by atoms with Crippen LogP contribution in [0.3, 0.4) is 0 Å². The summed E-state index contributed by atoms with van der Waals surface area (Å²) in [6.07, 6.45) is 6.45. The Hall–Kier alpha value is -1.44. The first-order chi connectivity index (χ1) is 13.2. The van der Waals surface area contributed by atoms with Gasteiger partial charge in [-0.05, 0) is 62.8 Å². The van der Waals surface area contributed by atoms with E-state index < -0.39 is 10.0 Å². The van der Waals surface area contributed by atoms with Crippen LogP contribution in [0.15, 0.2) is 23.1 Å². The molecule has 28 heavy (non-hydrogen) atoms. The molecule has 1 amide bonds. The Balaban J connectivity index is 1.70. The van der Waals surface area contributed by atoms with Gasteiger partial charge in [0.1, 0.15) is 0 Å². The molecule has 1 saturated carbocycles. The molecule has 0 radical (unpaired) electrons. The highest BCUT2D eigenvalue weighted by molar-refractivity contribution is 7.89. The van der Waals surface area contributed by atoms with Crippen molar-refractivity contribution in [1.82, 2.24) is 9.21 Å². The summed E-state index contributed by atoms with van der Waals surface area (Å²) in [6, 6.07) is 4.65. The molecular weight excluding hydrogens is 374 g/mol. The molecule has 1 aliphatic heterocycles. The molecule has 156 valence electrons. The third-order valence-corrected chi connectivity index (χ3v) is 8.31. The molecule has 3 rings (SSSR count). The zero-order valence-corrected chi connectivity index (χ0v) is 18.3. The number of aryl methyl sites for hydroxylation is 1. The summed E-state index contributed by atoms with van der Waals surface area (Å²) in [5.74, 6) is 1.47. The van der Waals surface area contributed by atoms with E-state index in [9.17, 15) is 13.2 Å². The van der Waals surface area contributed by atoms with E-state index in [1.54, 1.807) is 18.2 Å². The number of sulfonamides is 1. The molecule has 1 saturated heterocycles. The Morgan fingerprint density at radius 2 is 1.86 bits per heavy atom. The standard InChI is InChI=1S/C21H33N3O3S/c1-15-9-10-19(28(26,27)23(3)4)13-20(15)22-21(25)16(2)24-12-11-17-7-5-6-8-18(17)14-24/h9-10,13,16-18H,5-8,11-12,14H2,1-4H3,(H,22,25)/t16-,17+,18+/m0/s1. The molecule has 0 aromatic heterocycles. The summed E-state index contributed by atoms with van der Waals surface area (Å²) >= 11 is 0. The Bertz CT molecular complexity index is 822. The van der Waals surface area contributed by atoms with Gasteiger partial charge in [0.05, 0.1) is 10.9 Å². The minimum Gasteiger partial charge on any atom is -0.324 e. The van der Waals surface area contributed by atoms with Gasteiger partial charge >= 0.3 is 0 Å². The van der Waals surface area contributed by atoms with Gasteiger partial charge < -0.3 is 5.32 Å². The van der Waals surface area contributed by atoms with E-state index in [0.717, 1.165) is 24.6 Å². The second-order valence-corrected chi connectivity index (χ2v) is 10.7. The third-order valence-electron chi connectivity index (χ3n) is 6.50. The van der Waals surface area contributed by atoms with Crippen LogP contribution in [0.2, 0.25) is 0 Å². The number of piperidine rings is 1. The van der Waals surface area contributed by atoms with E-state index in [-0.39, 0.29) is 16.8 Å². The number of benzene rings is 1. The lowest BCUT2D eigenvalue weighted by Gasteiger charge is -2.43. The van der Waals surface area contributed by atoms with Gasteiger partial charge in [-0.3, -0.25) is 9.69 Å². The molecule has 1 aliphatic carbocycles. The van der Waals surface area contributed by atoms with Gasteiger partial charge in [0.25, 0.3) is 0 Å². The second-order valence-electron chi connectivity index (χ2n) is 8.52. The van der Waals surface area contributed by atoms with Crippen LogP contribution in [-0.2, 0) is 14.8 Å². The second kappa shape index (κ2) is 8.51. The Labute approximate surface area is 169 Å². The van der Waals surface area contributed by atoms with Crippen molar-refractivity contribution < 1.29 is 13.2 Å². The molecule has 0 spiro atoms. The highest BCUT2D eigenvalue weighted by Crippen LogP contribution is 2.36. The van der Waals surface area contributed by atoms with Crippen LogP contribution in [0.25, 0.3) is 0 Å². The number of carbonyl (C=O) groups is 1. The highest BCUT2D eigenvalue weighted by atomic mass is 32.2. The molecule has 7 heteroatoms. The minimum atomic E-state index is -3.53. The lowest BCUT2D eigenvalue weighted by molar-refractivity contribution is -0.122. The quantitative estimate of drug-likeness (QED) is 0.814. The largest absolute Gasteiger partial charge is 0.324 e. The van der Waals surface area contributed by atoms with E-state index >= 15 is 0 Å². The zero-order valence-electron chi connectivity index (χ0n) is 17.4. The van der Waals surface area contributed by atoms with Crippen LogP contribution in [-0.4, -0.2) is 56.8 Å². The van der Waals surface area contributed by atoms with Gasteiger partial charge in [-0.2, -0.15) is 0 Å². The fourth-order valence-electron chi connectivity index (χ4n) is 4.49. The van der Waals surface area contributed by atoms with E-state index in [1.165, 1.54) is 50.5 Å². The van der Waals surface area contributed by atoms with Crippen molar-refractivity contribution in [2.45, 2.75) is 56.9 Å². The average Bonchev–Trinajstić information content (AvgIpc) is 2.68. The smallest absolute Gasteiger partial charge is 0.242 e. The van der Waals surface area contributed by atoms with Crippen LogP contribution in [0.5, 0.6) is 0 Å². The molecule has 2 aliphatic rings. The molecule has 2 fully saturated rings.